The average molecular weight is 288 g/mol. The van der Waals surface area contributed by atoms with Gasteiger partial charge in [-0.25, -0.2) is 9.78 Å². The third-order valence-corrected chi connectivity index (χ3v) is 4.78. The van der Waals surface area contributed by atoms with Crippen molar-refractivity contribution in [3.63, 3.8) is 0 Å². The molecule has 1 aromatic rings. The Balaban J connectivity index is 2.92. The van der Waals surface area contributed by atoms with Gasteiger partial charge in [0.2, 0.25) is 0 Å². The lowest BCUT2D eigenvalue weighted by molar-refractivity contribution is 0.0605. The first-order valence-electron chi connectivity index (χ1n) is 5.82. The van der Waals surface area contributed by atoms with E-state index in [4.69, 9.17) is 4.74 Å². The van der Waals surface area contributed by atoms with Gasteiger partial charge in [-0.05, 0) is 19.6 Å². The van der Waals surface area contributed by atoms with Crippen LogP contribution in [-0.2, 0) is 4.74 Å². The number of ether oxygens (including phenoxy) is 1. The summed E-state index contributed by atoms with van der Waals surface area (Å²) in [4.78, 5) is 18.8. The molecular formula is C12H20N2O2S2. The minimum absolute atomic E-state index is 0.303. The summed E-state index contributed by atoms with van der Waals surface area (Å²) < 4.78 is 4.75. The molecule has 0 aliphatic carbocycles. The SMILES string of the molecule is CCC(CSC)N(C)c1nc(C)c(C(=O)OC)s1. The van der Waals surface area contributed by atoms with E-state index in [1.807, 2.05) is 25.7 Å². The molecule has 1 aromatic heterocycles. The maximum atomic E-state index is 11.6. The number of methoxy groups -OCH3 is 1. The van der Waals surface area contributed by atoms with Crippen molar-refractivity contribution in [2.24, 2.45) is 0 Å². The van der Waals surface area contributed by atoms with E-state index in [1.54, 1.807) is 0 Å². The topological polar surface area (TPSA) is 42.4 Å². The highest BCUT2D eigenvalue weighted by Gasteiger charge is 2.21. The van der Waals surface area contributed by atoms with Crippen LogP contribution in [0.15, 0.2) is 0 Å². The van der Waals surface area contributed by atoms with Gasteiger partial charge in [0.05, 0.1) is 12.8 Å². The number of carbonyl (C=O) groups is 1. The lowest BCUT2D eigenvalue weighted by Gasteiger charge is -2.26. The predicted molar refractivity (Wildman–Crippen MR) is 79.1 cm³/mol. The highest BCUT2D eigenvalue weighted by molar-refractivity contribution is 7.98. The molecule has 0 aliphatic heterocycles. The Labute approximate surface area is 117 Å². The van der Waals surface area contributed by atoms with Crippen molar-refractivity contribution in [3.05, 3.63) is 10.6 Å². The summed E-state index contributed by atoms with van der Waals surface area (Å²) in [6.45, 7) is 4.01. The van der Waals surface area contributed by atoms with Crippen LogP contribution in [0.4, 0.5) is 5.13 Å². The standard InChI is InChI=1S/C12H20N2O2S2/c1-6-9(7-17-5)14(3)12-13-8(2)10(18-12)11(15)16-4/h9H,6-7H2,1-5H3. The molecule has 4 nitrogen and oxygen atoms in total. The molecule has 0 fully saturated rings. The molecule has 0 N–H and O–H groups in total. The van der Waals surface area contributed by atoms with Crippen LogP contribution in [-0.4, -0.2) is 43.2 Å². The zero-order valence-electron chi connectivity index (χ0n) is 11.5. The second kappa shape index (κ2) is 6.99. The monoisotopic (exact) mass is 288 g/mol. The number of aryl methyl sites for hydroxylation is 1. The van der Waals surface area contributed by atoms with Gasteiger partial charge in [0.15, 0.2) is 5.13 Å². The van der Waals surface area contributed by atoms with E-state index in [0.29, 0.717) is 10.9 Å². The molecule has 1 atom stereocenters. The van der Waals surface area contributed by atoms with E-state index >= 15 is 0 Å². The quantitative estimate of drug-likeness (QED) is 0.753. The summed E-state index contributed by atoms with van der Waals surface area (Å²) in [5.74, 6) is 0.752. The lowest BCUT2D eigenvalue weighted by atomic mass is 10.2. The first-order chi connectivity index (χ1) is 8.54. The van der Waals surface area contributed by atoms with E-state index in [9.17, 15) is 4.79 Å². The molecule has 0 radical (unpaired) electrons. The number of thiazole rings is 1. The van der Waals surface area contributed by atoms with E-state index < -0.39 is 0 Å². The molecule has 0 bridgehead atoms. The minimum atomic E-state index is -0.303. The predicted octanol–water partition coefficient (Wildman–Crippen LogP) is 2.82. The van der Waals surface area contributed by atoms with Crippen LogP contribution in [0.5, 0.6) is 0 Å². The first-order valence-corrected chi connectivity index (χ1v) is 8.03. The Morgan fingerprint density at radius 2 is 2.28 bits per heavy atom. The van der Waals surface area contributed by atoms with Crippen LogP contribution in [0, 0.1) is 6.92 Å². The van der Waals surface area contributed by atoms with Crippen LogP contribution < -0.4 is 4.90 Å². The number of thioether (sulfide) groups is 1. The zero-order valence-corrected chi connectivity index (χ0v) is 13.2. The van der Waals surface area contributed by atoms with Crippen molar-refractivity contribution in [3.8, 4) is 0 Å². The van der Waals surface area contributed by atoms with Gasteiger partial charge >= 0.3 is 5.97 Å². The number of carbonyl (C=O) groups excluding carboxylic acids is 1. The Kier molecular flexibility index (Phi) is 5.95. The summed E-state index contributed by atoms with van der Waals surface area (Å²) >= 11 is 3.22. The molecule has 102 valence electrons. The van der Waals surface area contributed by atoms with Gasteiger partial charge in [0.1, 0.15) is 4.88 Å². The minimum Gasteiger partial charge on any atom is -0.465 e. The van der Waals surface area contributed by atoms with Gasteiger partial charge in [0, 0.05) is 18.8 Å². The summed E-state index contributed by atoms with van der Waals surface area (Å²) in [6.07, 6.45) is 3.16. The molecule has 0 saturated heterocycles. The van der Waals surface area contributed by atoms with Crippen LogP contribution in [0.25, 0.3) is 0 Å². The fraction of sp³-hybridized carbons (Fsp3) is 0.667. The van der Waals surface area contributed by atoms with Gasteiger partial charge in [-0.3, -0.25) is 0 Å². The molecule has 0 saturated carbocycles. The second-order valence-corrected chi connectivity index (χ2v) is 5.92. The summed E-state index contributed by atoms with van der Waals surface area (Å²) in [5.41, 5.74) is 0.743. The Morgan fingerprint density at radius 3 is 2.78 bits per heavy atom. The van der Waals surface area contributed by atoms with Crippen LogP contribution in [0.1, 0.15) is 28.7 Å². The maximum Gasteiger partial charge on any atom is 0.350 e. The normalized spacial score (nSPS) is 12.3. The molecule has 0 aromatic carbocycles. The molecule has 1 rings (SSSR count). The van der Waals surface area contributed by atoms with Crippen molar-refractivity contribution < 1.29 is 9.53 Å². The van der Waals surface area contributed by atoms with E-state index in [-0.39, 0.29) is 5.97 Å². The van der Waals surface area contributed by atoms with Gasteiger partial charge in [-0.1, -0.05) is 18.3 Å². The molecule has 0 amide bonds. The van der Waals surface area contributed by atoms with Gasteiger partial charge in [-0.2, -0.15) is 11.8 Å². The van der Waals surface area contributed by atoms with Crippen molar-refractivity contribution in [2.75, 3.05) is 31.1 Å². The lowest BCUT2D eigenvalue weighted by Crippen LogP contribution is -2.33. The number of rotatable bonds is 6. The fourth-order valence-electron chi connectivity index (χ4n) is 1.67. The van der Waals surface area contributed by atoms with E-state index in [1.165, 1.54) is 18.4 Å². The summed E-state index contributed by atoms with van der Waals surface area (Å²) in [5, 5.41) is 0.883. The average Bonchev–Trinajstić information content (AvgIpc) is 2.76. The Bertz CT molecular complexity index is 407. The number of aromatic nitrogens is 1. The highest BCUT2D eigenvalue weighted by Crippen LogP contribution is 2.28. The number of anilines is 1. The van der Waals surface area contributed by atoms with E-state index in [2.05, 4.69) is 23.1 Å². The van der Waals surface area contributed by atoms with E-state index in [0.717, 1.165) is 23.0 Å². The summed E-state index contributed by atoms with van der Waals surface area (Å²) in [7, 11) is 3.43. The smallest absolute Gasteiger partial charge is 0.350 e. The van der Waals surface area contributed by atoms with Crippen molar-refractivity contribution in [1.29, 1.82) is 0 Å². The maximum absolute atomic E-state index is 11.6. The van der Waals surface area contributed by atoms with Crippen molar-refractivity contribution >= 4 is 34.2 Å². The summed E-state index contributed by atoms with van der Waals surface area (Å²) in [6, 6.07) is 0.441. The van der Waals surface area contributed by atoms with Gasteiger partial charge in [0.25, 0.3) is 0 Å². The second-order valence-electron chi connectivity index (χ2n) is 4.03. The largest absolute Gasteiger partial charge is 0.465 e. The van der Waals surface area contributed by atoms with Crippen molar-refractivity contribution in [1.82, 2.24) is 4.98 Å². The van der Waals surface area contributed by atoms with Crippen LogP contribution in [0.3, 0.4) is 0 Å². The number of hydrogen-bond acceptors (Lipinski definition) is 6. The van der Waals surface area contributed by atoms with Gasteiger partial charge in [-0.15, -0.1) is 0 Å². The number of hydrogen-bond donors (Lipinski definition) is 0. The van der Waals surface area contributed by atoms with Crippen molar-refractivity contribution in [2.45, 2.75) is 26.3 Å². The molecule has 6 heteroatoms. The Morgan fingerprint density at radius 1 is 1.61 bits per heavy atom. The molecule has 1 heterocycles. The molecule has 1 unspecified atom stereocenters. The number of nitrogens with zero attached hydrogens (tertiary/aromatic N) is 2. The van der Waals surface area contributed by atoms with Crippen LogP contribution >= 0.6 is 23.1 Å². The number of esters is 1. The third-order valence-electron chi connectivity index (χ3n) is 2.84. The van der Waals surface area contributed by atoms with Crippen LogP contribution in [0.2, 0.25) is 0 Å². The first kappa shape index (κ1) is 15.3. The zero-order chi connectivity index (χ0) is 13.7. The highest BCUT2D eigenvalue weighted by atomic mass is 32.2. The Hall–Kier alpha value is -0.750. The molecule has 0 aliphatic rings. The van der Waals surface area contributed by atoms with Gasteiger partial charge < -0.3 is 9.64 Å². The molecule has 0 spiro atoms. The molecule has 18 heavy (non-hydrogen) atoms. The third kappa shape index (κ3) is 3.38. The molecular weight excluding hydrogens is 268 g/mol. The fourth-order valence-corrected chi connectivity index (χ4v) is 3.53.